The lowest BCUT2D eigenvalue weighted by molar-refractivity contribution is 0.415. The van der Waals surface area contributed by atoms with Gasteiger partial charge in [0.05, 0.1) is 23.9 Å². The summed E-state index contributed by atoms with van der Waals surface area (Å²) >= 11 is 18.2. The summed E-state index contributed by atoms with van der Waals surface area (Å²) in [6.45, 7) is 0. The summed E-state index contributed by atoms with van der Waals surface area (Å²) in [6, 6.07) is 22.4. The van der Waals surface area contributed by atoms with Crippen LogP contribution in [-0.4, -0.2) is 17.2 Å². The predicted octanol–water partition coefficient (Wildman–Crippen LogP) is 6.83. The fourth-order valence-corrected chi connectivity index (χ4v) is 4.73. The van der Waals surface area contributed by atoms with Gasteiger partial charge in [-0.15, -0.1) is 0 Å². The monoisotopic (exact) mass is 495 g/mol. The zero-order chi connectivity index (χ0) is 22.9. The molecule has 0 unspecified atom stereocenters. The molecular weight excluding hydrogens is 477 g/mol. The lowest BCUT2D eigenvalue weighted by Crippen LogP contribution is -2.29. The molecule has 33 heavy (non-hydrogen) atoms. The van der Waals surface area contributed by atoms with E-state index in [0.29, 0.717) is 20.9 Å². The zero-order valence-corrected chi connectivity index (χ0v) is 19.9. The molecule has 3 heterocycles. The molecule has 2 aromatic carbocycles. The first kappa shape index (κ1) is 21.8. The number of thiocarbonyl (C=S) groups is 1. The fourth-order valence-electron chi connectivity index (χ4n) is 4.01. The van der Waals surface area contributed by atoms with Crippen LogP contribution >= 0.6 is 35.4 Å². The Balaban J connectivity index is 1.59. The highest BCUT2D eigenvalue weighted by atomic mass is 35.5. The Morgan fingerprint density at radius 1 is 1.03 bits per heavy atom. The summed E-state index contributed by atoms with van der Waals surface area (Å²) in [5, 5.41) is 5.15. The minimum atomic E-state index is -0.280. The van der Waals surface area contributed by atoms with E-state index < -0.39 is 0 Å². The van der Waals surface area contributed by atoms with Crippen molar-refractivity contribution in [3.63, 3.8) is 0 Å². The molecule has 0 saturated carbocycles. The van der Waals surface area contributed by atoms with Crippen molar-refractivity contribution in [1.29, 1.82) is 0 Å². The van der Waals surface area contributed by atoms with Gasteiger partial charge in [-0.25, -0.2) is 0 Å². The molecule has 5 rings (SSSR count). The SMILES string of the molecule is COc1ccc(N2C(=S)N[C@@H](c3ccccn3)[C@@H]2c2ccc(-c3ccc(Cl)cc3)o2)cc1Cl. The molecule has 1 N–H and O–H groups in total. The Morgan fingerprint density at radius 3 is 2.55 bits per heavy atom. The molecule has 0 spiro atoms. The smallest absolute Gasteiger partial charge is 0.174 e. The number of nitrogens with zero attached hydrogens (tertiary/aromatic N) is 2. The number of ether oxygens (including phenoxy) is 1. The molecular formula is C25H19Cl2N3O2S. The van der Waals surface area contributed by atoms with Crippen LogP contribution < -0.4 is 15.0 Å². The number of furan rings is 1. The number of pyridine rings is 1. The molecule has 0 radical (unpaired) electrons. The zero-order valence-electron chi connectivity index (χ0n) is 17.5. The fraction of sp³-hybridized carbons (Fsp3) is 0.120. The molecule has 0 bridgehead atoms. The second-order valence-electron chi connectivity index (χ2n) is 7.52. The van der Waals surface area contributed by atoms with Gasteiger partial charge in [-0.2, -0.15) is 0 Å². The second kappa shape index (κ2) is 9.06. The summed E-state index contributed by atoms with van der Waals surface area (Å²) < 4.78 is 11.7. The number of nitrogens with one attached hydrogen (secondary N) is 1. The van der Waals surface area contributed by atoms with Crippen molar-refractivity contribution in [2.75, 3.05) is 12.0 Å². The van der Waals surface area contributed by atoms with Crippen molar-refractivity contribution in [3.05, 3.63) is 100 Å². The Labute approximate surface area is 206 Å². The molecule has 2 aromatic heterocycles. The van der Waals surface area contributed by atoms with Crippen molar-refractivity contribution >= 4 is 46.2 Å². The summed E-state index contributed by atoms with van der Waals surface area (Å²) in [6.07, 6.45) is 1.77. The van der Waals surface area contributed by atoms with Gasteiger partial charge in [-0.05, 0) is 78.9 Å². The maximum atomic E-state index is 6.44. The largest absolute Gasteiger partial charge is 0.495 e. The van der Waals surface area contributed by atoms with Crippen LogP contribution in [0, 0.1) is 0 Å². The quantitative estimate of drug-likeness (QED) is 0.306. The number of rotatable bonds is 5. The number of hydrogen-bond acceptors (Lipinski definition) is 4. The summed E-state index contributed by atoms with van der Waals surface area (Å²) in [4.78, 5) is 6.57. The van der Waals surface area contributed by atoms with Crippen molar-refractivity contribution < 1.29 is 9.15 Å². The van der Waals surface area contributed by atoms with E-state index in [0.717, 1.165) is 28.5 Å². The van der Waals surface area contributed by atoms with E-state index in [9.17, 15) is 0 Å². The lowest BCUT2D eigenvalue weighted by Gasteiger charge is -2.26. The van der Waals surface area contributed by atoms with E-state index in [1.807, 2.05) is 77.7 Å². The van der Waals surface area contributed by atoms with Crippen molar-refractivity contribution in [3.8, 4) is 17.1 Å². The standard InChI is InChI=1S/C25H19Cl2N3O2S/c1-31-21-10-9-17(14-18(21)27)30-24(23(29-25(30)33)19-4-2-3-13-28-19)22-12-11-20(32-22)15-5-7-16(26)8-6-15/h2-14,23-24H,1H3,(H,29,33)/t23-,24-/m0/s1. The van der Waals surface area contributed by atoms with Gasteiger partial charge in [0.15, 0.2) is 5.11 Å². The Hall–Kier alpha value is -3.06. The van der Waals surface area contributed by atoms with E-state index in [-0.39, 0.29) is 12.1 Å². The first-order valence-corrected chi connectivity index (χ1v) is 11.4. The first-order valence-electron chi connectivity index (χ1n) is 10.2. The van der Waals surface area contributed by atoms with E-state index >= 15 is 0 Å². The topological polar surface area (TPSA) is 50.5 Å². The number of methoxy groups -OCH3 is 1. The van der Waals surface area contributed by atoms with Crippen LogP contribution in [0.4, 0.5) is 5.69 Å². The van der Waals surface area contributed by atoms with E-state index in [4.69, 9.17) is 44.6 Å². The van der Waals surface area contributed by atoms with E-state index in [1.54, 1.807) is 13.3 Å². The molecule has 4 aromatic rings. The van der Waals surface area contributed by atoms with Crippen molar-refractivity contribution in [2.24, 2.45) is 0 Å². The number of aromatic nitrogens is 1. The van der Waals surface area contributed by atoms with E-state index in [1.165, 1.54) is 0 Å². The molecule has 1 saturated heterocycles. The predicted molar refractivity (Wildman–Crippen MR) is 135 cm³/mol. The Kier molecular flexibility index (Phi) is 5.98. The van der Waals surface area contributed by atoms with Gasteiger partial charge >= 0.3 is 0 Å². The van der Waals surface area contributed by atoms with Crippen molar-refractivity contribution in [1.82, 2.24) is 10.3 Å². The van der Waals surface area contributed by atoms with Gasteiger partial charge in [0, 0.05) is 22.5 Å². The number of halogens is 2. The van der Waals surface area contributed by atoms with Gasteiger partial charge in [0.25, 0.3) is 0 Å². The molecule has 8 heteroatoms. The van der Waals surface area contributed by atoms with Crippen LogP contribution in [0.5, 0.6) is 5.75 Å². The Bertz CT molecular complexity index is 1290. The lowest BCUT2D eigenvalue weighted by atomic mass is 10.0. The number of anilines is 1. The molecule has 1 fully saturated rings. The van der Waals surface area contributed by atoms with Gasteiger partial charge in [-0.1, -0.05) is 29.3 Å². The molecule has 1 aliphatic rings. The third-order valence-corrected chi connectivity index (χ3v) is 6.42. The summed E-state index contributed by atoms with van der Waals surface area (Å²) in [5.74, 6) is 2.08. The van der Waals surface area contributed by atoms with Crippen LogP contribution in [0.15, 0.2) is 83.4 Å². The molecule has 0 amide bonds. The van der Waals surface area contributed by atoms with Gasteiger partial charge in [0.1, 0.15) is 23.3 Å². The van der Waals surface area contributed by atoms with Crippen LogP contribution in [0.3, 0.4) is 0 Å². The normalized spacial score (nSPS) is 17.8. The van der Waals surface area contributed by atoms with Crippen LogP contribution in [0.1, 0.15) is 23.5 Å². The number of hydrogen-bond donors (Lipinski definition) is 1. The van der Waals surface area contributed by atoms with Gasteiger partial charge < -0.3 is 19.4 Å². The minimum absolute atomic E-state index is 0.219. The molecule has 5 nitrogen and oxygen atoms in total. The first-order chi connectivity index (χ1) is 16.0. The van der Waals surface area contributed by atoms with Gasteiger partial charge in [0.2, 0.25) is 0 Å². The second-order valence-corrected chi connectivity index (χ2v) is 8.75. The minimum Gasteiger partial charge on any atom is -0.495 e. The van der Waals surface area contributed by atoms with Crippen molar-refractivity contribution in [2.45, 2.75) is 12.1 Å². The van der Waals surface area contributed by atoms with E-state index in [2.05, 4.69) is 10.3 Å². The van der Waals surface area contributed by atoms with Crippen LogP contribution in [-0.2, 0) is 0 Å². The molecule has 0 aliphatic carbocycles. The maximum absolute atomic E-state index is 6.44. The molecule has 1 aliphatic heterocycles. The maximum Gasteiger partial charge on any atom is 0.174 e. The highest BCUT2D eigenvalue weighted by Crippen LogP contribution is 2.44. The van der Waals surface area contributed by atoms with Crippen LogP contribution in [0.25, 0.3) is 11.3 Å². The highest BCUT2D eigenvalue weighted by molar-refractivity contribution is 7.80. The van der Waals surface area contributed by atoms with Crippen LogP contribution in [0.2, 0.25) is 10.0 Å². The molecule has 166 valence electrons. The molecule has 2 atom stereocenters. The summed E-state index contributed by atoms with van der Waals surface area (Å²) in [7, 11) is 1.59. The van der Waals surface area contributed by atoms with Gasteiger partial charge in [-0.3, -0.25) is 4.98 Å². The average Bonchev–Trinajstić information content (AvgIpc) is 3.44. The highest BCUT2D eigenvalue weighted by Gasteiger charge is 2.42. The third-order valence-electron chi connectivity index (χ3n) is 5.56. The average molecular weight is 496 g/mol. The Morgan fingerprint density at radius 2 is 1.85 bits per heavy atom. The number of benzene rings is 2. The third kappa shape index (κ3) is 4.17. The summed E-state index contributed by atoms with van der Waals surface area (Å²) in [5.41, 5.74) is 2.62.